The number of fused-ring (bicyclic) bond motifs is 10. The number of carboxylic acids is 1. The Labute approximate surface area is 518 Å². The Morgan fingerprint density at radius 1 is 0.506 bits per heavy atom. The van der Waals surface area contributed by atoms with Crippen LogP contribution in [-0.4, -0.2) is 95.2 Å². The Balaban J connectivity index is 0.000000184. The number of nitrogens with one attached hydrogen (secondary N) is 2. The molecule has 0 spiro atoms. The molecule has 0 atom stereocenters. The number of carboxylic acid groups (broad SMARTS) is 1. The molecule has 8 aromatic rings. The van der Waals surface area contributed by atoms with Crippen LogP contribution in [0.5, 0.6) is 23.0 Å². The van der Waals surface area contributed by atoms with E-state index in [9.17, 15) is 28.8 Å². The van der Waals surface area contributed by atoms with Gasteiger partial charge in [0.25, 0.3) is 11.8 Å². The lowest BCUT2D eigenvalue weighted by Crippen LogP contribution is -2.50. The lowest BCUT2D eigenvalue weighted by Gasteiger charge is -2.25. The summed E-state index contributed by atoms with van der Waals surface area (Å²) in [6.07, 6.45) is 12.1. The minimum absolute atomic E-state index is 0.0768. The van der Waals surface area contributed by atoms with Crippen molar-refractivity contribution in [3.8, 4) is 45.5 Å². The van der Waals surface area contributed by atoms with Crippen molar-refractivity contribution in [2.75, 3.05) is 34.5 Å². The number of ketones is 2. The van der Waals surface area contributed by atoms with Crippen LogP contribution in [-0.2, 0) is 40.3 Å². The van der Waals surface area contributed by atoms with E-state index in [1.807, 2.05) is 48.5 Å². The molecule has 6 aromatic carbocycles. The SMILES string of the molecule is COC(=O)c1ccc(CC(=O)C(C)(C)NC(=O)c2ccc3c(C4CCCCC4)c4n(c3c2)CCOc2cc(OC)ccc2-4)cc1.COc1ccc2c(c1)OCCn1c-2c(C2CCCCC2)c2ccc(C(=O)NC(C)(C)C(=O)Cc3ccc(C(=O)O)cc3)cc21. The van der Waals surface area contributed by atoms with Gasteiger partial charge in [0.15, 0.2) is 11.6 Å². The van der Waals surface area contributed by atoms with Crippen LogP contribution in [0.25, 0.3) is 44.3 Å². The molecule has 16 heteroatoms. The number of nitrogens with zero attached hydrogens (tertiary/aromatic N) is 2. The van der Waals surface area contributed by atoms with E-state index < -0.39 is 23.0 Å². The second-order valence-electron chi connectivity index (χ2n) is 24.9. The van der Waals surface area contributed by atoms with Gasteiger partial charge >= 0.3 is 11.9 Å². The Bertz CT molecular complexity index is 4030. The highest BCUT2D eigenvalue weighted by molar-refractivity contribution is 6.05. The second-order valence-corrected chi connectivity index (χ2v) is 24.9. The maximum Gasteiger partial charge on any atom is 0.337 e. The predicted octanol–water partition coefficient (Wildman–Crippen LogP) is 13.6. The summed E-state index contributed by atoms with van der Waals surface area (Å²) in [6.45, 7) is 9.13. The molecule has 2 aliphatic carbocycles. The number of carbonyl (C=O) groups excluding carboxylic acids is 5. The van der Waals surface area contributed by atoms with Crippen molar-refractivity contribution in [2.45, 2.75) is 141 Å². The quantitative estimate of drug-likeness (QED) is 0.0774. The molecule has 4 aliphatic rings. The first-order chi connectivity index (χ1) is 42.9. The Morgan fingerprint density at radius 2 is 0.899 bits per heavy atom. The van der Waals surface area contributed by atoms with Crippen molar-refractivity contribution in [3.05, 3.63) is 166 Å². The second kappa shape index (κ2) is 25.9. The highest BCUT2D eigenvalue weighted by Crippen LogP contribution is 2.50. The van der Waals surface area contributed by atoms with Crippen molar-refractivity contribution in [1.29, 1.82) is 0 Å². The summed E-state index contributed by atoms with van der Waals surface area (Å²) in [5, 5.41) is 17.4. The van der Waals surface area contributed by atoms with Crippen LogP contribution in [0.3, 0.4) is 0 Å². The van der Waals surface area contributed by atoms with Gasteiger partial charge < -0.3 is 48.6 Å². The number of esters is 1. The average Bonchev–Trinajstić information content (AvgIpc) is 2.08. The van der Waals surface area contributed by atoms with E-state index in [2.05, 4.69) is 44.0 Å². The number of methoxy groups -OCH3 is 3. The molecular formula is C73H78N4O12. The van der Waals surface area contributed by atoms with Crippen LogP contribution in [0, 0.1) is 0 Å². The largest absolute Gasteiger partial charge is 0.497 e. The number of Topliss-reactive ketones (excluding diaryl/α,β-unsaturated/α-hetero) is 2. The first kappa shape index (κ1) is 61.5. The van der Waals surface area contributed by atoms with E-state index in [0.29, 0.717) is 60.4 Å². The smallest absolute Gasteiger partial charge is 0.337 e. The molecule has 4 heterocycles. The molecule has 2 amide bonds. The number of ether oxygens (including phenoxy) is 5. The Kier molecular flexibility index (Phi) is 17.9. The summed E-state index contributed by atoms with van der Waals surface area (Å²) < 4.78 is 32.8. The number of amides is 2. The van der Waals surface area contributed by atoms with Gasteiger partial charge in [-0.05, 0) is 160 Å². The summed E-state index contributed by atoms with van der Waals surface area (Å²) >= 11 is 0. The number of benzene rings is 6. The van der Waals surface area contributed by atoms with E-state index in [1.54, 1.807) is 78.3 Å². The summed E-state index contributed by atoms with van der Waals surface area (Å²) in [7, 11) is 4.65. The van der Waals surface area contributed by atoms with Gasteiger partial charge in [0.1, 0.15) is 36.2 Å². The molecule has 2 aromatic heterocycles. The molecule has 0 bridgehead atoms. The first-order valence-electron chi connectivity index (χ1n) is 31.0. The molecule has 2 saturated carbocycles. The fraction of sp³-hybridized carbons (Fsp3) is 0.370. The molecule has 2 aliphatic heterocycles. The zero-order valence-electron chi connectivity index (χ0n) is 51.8. The van der Waals surface area contributed by atoms with Gasteiger partial charge in [-0.3, -0.25) is 19.2 Å². The van der Waals surface area contributed by atoms with Gasteiger partial charge in [-0.15, -0.1) is 0 Å². The fourth-order valence-corrected chi connectivity index (χ4v) is 13.4. The first-order valence-corrected chi connectivity index (χ1v) is 31.0. The molecule has 0 unspecified atom stereocenters. The third kappa shape index (κ3) is 12.8. The van der Waals surface area contributed by atoms with E-state index >= 15 is 0 Å². The van der Waals surface area contributed by atoms with Gasteiger partial charge in [0.2, 0.25) is 0 Å². The highest BCUT2D eigenvalue weighted by atomic mass is 16.5. The van der Waals surface area contributed by atoms with Crippen LogP contribution < -0.4 is 29.6 Å². The number of hydrogen-bond acceptors (Lipinski definition) is 11. The normalized spacial score (nSPS) is 15.0. The lowest BCUT2D eigenvalue weighted by atomic mass is 9.81. The minimum atomic E-state index is -1.13. The Hall–Kier alpha value is -9.18. The van der Waals surface area contributed by atoms with E-state index in [1.165, 1.54) is 80.0 Å². The molecular weight excluding hydrogens is 1120 g/mol. The van der Waals surface area contributed by atoms with Crippen LogP contribution >= 0.6 is 0 Å². The third-order valence-electron chi connectivity index (χ3n) is 18.3. The topological polar surface area (TPSA) is 203 Å². The summed E-state index contributed by atoms with van der Waals surface area (Å²) in [4.78, 5) is 76.8. The van der Waals surface area contributed by atoms with Crippen LogP contribution in [0.15, 0.2) is 121 Å². The van der Waals surface area contributed by atoms with Gasteiger partial charge in [-0.2, -0.15) is 0 Å². The molecule has 89 heavy (non-hydrogen) atoms. The number of carbonyl (C=O) groups is 6. The van der Waals surface area contributed by atoms with Crippen molar-refractivity contribution >= 4 is 57.1 Å². The lowest BCUT2D eigenvalue weighted by molar-refractivity contribution is -0.124. The van der Waals surface area contributed by atoms with E-state index in [0.717, 1.165) is 87.5 Å². The van der Waals surface area contributed by atoms with Gasteiger partial charge in [0.05, 0.1) is 68.0 Å². The molecule has 3 N–H and O–H groups in total. The molecule has 0 radical (unpaired) electrons. The summed E-state index contributed by atoms with van der Waals surface area (Å²) in [6, 6.07) is 36.8. The summed E-state index contributed by atoms with van der Waals surface area (Å²) in [5.41, 5.74) is 9.82. The zero-order chi connectivity index (χ0) is 62.7. The van der Waals surface area contributed by atoms with Crippen LogP contribution in [0.1, 0.15) is 167 Å². The zero-order valence-corrected chi connectivity index (χ0v) is 51.8. The third-order valence-corrected chi connectivity index (χ3v) is 18.3. The average molecular weight is 1200 g/mol. The molecule has 2 fully saturated rings. The minimum Gasteiger partial charge on any atom is -0.497 e. The standard InChI is InChI=1S/C37H40N2O6.C36H38N2O6/c1-37(2,32(40)20-23-10-12-25(13-11-23)36(42)44-4)38-35(41)26-14-16-28-30(21-26)39-18-19-45-31-22-27(43-3)15-17-29(31)34(39)33(28)24-8-6-5-7-9-24;1-36(2,31(39)19-22-9-11-24(12-10-22)35(41)42)37-34(40)25-13-15-27-29(20-25)38-17-18-44-30-21-26(43-3)14-16-28(30)33(38)32(27)23-7-5-4-6-8-23/h10-17,21-22,24H,5-9,18-20H2,1-4H3,(H,38,41);9-16,20-21,23H,4-8,17-19H2,1-3H3,(H,37,40)(H,41,42). The number of hydrogen-bond donors (Lipinski definition) is 3. The van der Waals surface area contributed by atoms with Crippen molar-refractivity contribution in [1.82, 2.24) is 19.8 Å². The summed E-state index contributed by atoms with van der Waals surface area (Å²) in [5.74, 6) is 1.60. The number of aromatic carboxylic acids is 1. The van der Waals surface area contributed by atoms with Crippen LogP contribution in [0.4, 0.5) is 0 Å². The van der Waals surface area contributed by atoms with Crippen molar-refractivity contribution in [2.24, 2.45) is 0 Å². The van der Waals surface area contributed by atoms with Gasteiger partial charge in [0, 0.05) is 69.0 Å². The van der Waals surface area contributed by atoms with Crippen molar-refractivity contribution in [3.63, 3.8) is 0 Å². The highest BCUT2D eigenvalue weighted by Gasteiger charge is 2.35. The molecule has 16 nitrogen and oxygen atoms in total. The van der Waals surface area contributed by atoms with E-state index in [4.69, 9.17) is 28.8 Å². The van der Waals surface area contributed by atoms with Crippen molar-refractivity contribution < 1.29 is 57.6 Å². The Morgan fingerprint density at radius 3 is 1.28 bits per heavy atom. The fourth-order valence-electron chi connectivity index (χ4n) is 13.4. The molecule has 0 saturated heterocycles. The maximum absolute atomic E-state index is 13.7. The molecule has 462 valence electrons. The number of aromatic nitrogens is 2. The predicted molar refractivity (Wildman–Crippen MR) is 342 cm³/mol. The monoisotopic (exact) mass is 1200 g/mol. The number of rotatable bonds is 16. The van der Waals surface area contributed by atoms with Gasteiger partial charge in [-0.25, -0.2) is 9.59 Å². The van der Waals surface area contributed by atoms with E-state index in [-0.39, 0.29) is 41.8 Å². The van der Waals surface area contributed by atoms with Gasteiger partial charge in [-0.1, -0.05) is 74.9 Å². The van der Waals surface area contributed by atoms with Crippen LogP contribution in [0.2, 0.25) is 0 Å². The maximum atomic E-state index is 13.7. The molecule has 12 rings (SSSR count).